The van der Waals surface area contributed by atoms with Gasteiger partial charge in [0.05, 0.1) is 15.5 Å². The first-order valence-corrected chi connectivity index (χ1v) is 6.93. The summed E-state index contributed by atoms with van der Waals surface area (Å²) in [5.74, 6) is -0.103. The van der Waals surface area contributed by atoms with Crippen LogP contribution in [-0.2, 0) is 0 Å². The lowest BCUT2D eigenvalue weighted by atomic mass is 9.93. The molecule has 0 atom stereocenters. The quantitative estimate of drug-likeness (QED) is 0.865. The zero-order chi connectivity index (χ0) is 12.6. The molecule has 0 saturated carbocycles. The van der Waals surface area contributed by atoms with Gasteiger partial charge in [-0.2, -0.15) is 0 Å². The first-order valence-electron chi connectivity index (χ1n) is 5.35. The van der Waals surface area contributed by atoms with Gasteiger partial charge in [0, 0.05) is 13.1 Å². The second kappa shape index (κ2) is 4.76. The molecule has 0 unspecified atom stereocenters. The van der Waals surface area contributed by atoms with Gasteiger partial charge in [0.1, 0.15) is 4.34 Å². The van der Waals surface area contributed by atoms with Gasteiger partial charge < -0.3 is 10.0 Å². The summed E-state index contributed by atoms with van der Waals surface area (Å²) in [4.78, 5) is 13.9. The molecule has 3 nitrogen and oxygen atoms in total. The number of likely N-dealkylation sites (tertiary alicyclic amines) is 1. The van der Waals surface area contributed by atoms with Crippen LogP contribution in [0.25, 0.3) is 0 Å². The zero-order valence-corrected chi connectivity index (χ0v) is 11.7. The minimum absolute atomic E-state index is 0.103. The summed E-state index contributed by atoms with van der Waals surface area (Å²) in [6.45, 7) is 2.90. The lowest BCUT2D eigenvalue weighted by molar-refractivity contribution is -0.00200. The van der Waals surface area contributed by atoms with E-state index in [1.165, 1.54) is 11.3 Å². The summed E-state index contributed by atoms with van der Waals surface area (Å²) in [6.07, 6.45) is 1.18. The van der Waals surface area contributed by atoms with Crippen molar-refractivity contribution in [2.24, 2.45) is 0 Å². The number of rotatable bonds is 1. The SMILES string of the molecule is CC1(O)CCN(C(=O)c2cc(Cl)sc2Cl)CC1. The van der Waals surface area contributed by atoms with Crippen LogP contribution in [0, 0.1) is 0 Å². The highest BCUT2D eigenvalue weighted by molar-refractivity contribution is 7.20. The van der Waals surface area contributed by atoms with Crippen LogP contribution in [0.1, 0.15) is 30.1 Å². The Labute approximate surface area is 114 Å². The van der Waals surface area contributed by atoms with Gasteiger partial charge in [-0.05, 0) is 25.8 Å². The Morgan fingerprint density at radius 2 is 2.06 bits per heavy atom. The van der Waals surface area contributed by atoms with E-state index in [9.17, 15) is 9.90 Å². The van der Waals surface area contributed by atoms with Crippen LogP contribution in [-0.4, -0.2) is 34.6 Å². The van der Waals surface area contributed by atoms with E-state index >= 15 is 0 Å². The molecule has 0 spiro atoms. The van der Waals surface area contributed by atoms with Crippen LogP contribution < -0.4 is 0 Å². The molecule has 94 valence electrons. The molecule has 17 heavy (non-hydrogen) atoms. The van der Waals surface area contributed by atoms with Crippen molar-refractivity contribution in [2.75, 3.05) is 13.1 Å². The van der Waals surface area contributed by atoms with Crippen molar-refractivity contribution in [3.05, 3.63) is 20.3 Å². The summed E-state index contributed by atoms with van der Waals surface area (Å²) in [5.41, 5.74) is -0.199. The van der Waals surface area contributed by atoms with Gasteiger partial charge in [-0.25, -0.2) is 0 Å². The Morgan fingerprint density at radius 1 is 1.47 bits per heavy atom. The molecule has 1 amide bonds. The van der Waals surface area contributed by atoms with Crippen molar-refractivity contribution in [1.29, 1.82) is 0 Å². The van der Waals surface area contributed by atoms with E-state index in [0.29, 0.717) is 40.2 Å². The van der Waals surface area contributed by atoms with Crippen molar-refractivity contribution >= 4 is 40.4 Å². The zero-order valence-electron chi connectivity index (χ0n) is 9.37. The van der Waals surface area contributed by atoms with Gasteiger partial charge in [0.15, 0.2) is 0 Å². The van der Waals surface area contributed by atoms with E-state index in [1.54, 1.807) is 17.9 Å². The Kier molecular flexibility index (Phi) is 3.69. The number of halogens is 2. The first kappa shape index (κ1) is 13.1. The Balaban J connectivity index is 2.09. The molecule has 1 aliphatic rings. The fourth-order valence-corrected chi connectivity index (χ4v) is 3.30. The van der Waals surface area contributed by atoms with Gasteiger partial charge in [-0.15, -0.1) is 11.3 Å². The molecule has 1 fully saturated rings. The third kappa shape index (κ3) is 2.94. The molecule has 2 rings (SSSR count). The number of nitrogens with zero attached hydrogens (tertiary/aromatic N) is 1. The standard InChI is InChI=1S/C11H13Cl2NO2S/c1-11(16)2-4-14(5-3-11)10(15)7-6-8(12)17-9(7)13/h6,16H,2-5H2,1H3. The topological polar surface area (TPSA) is 40.5 Å². The maximum absolute atomic E-state index is 12.2. The van der Waals surface area contributed by atoms with Crippen LogP contribution in [0.2, 0.25) is 8.67 Å². The summed E-state index contributed by atoms with van der Waals surface area (Å²) >= 11 is 13.0. The van der Waals surface area contributed by atoms with Crippen LogP contribution in [0.5, 0.6) is 0 Å². The fraction of sp³-hybridized carbons (Fsp3) is 0.545. The van der Waals surface area contributed by atoms with E-state index in [1.807, 2.05) is 0 Å². The van der Waals surface area contributed by atoms with Gasteiger partial charge in [-0.3, -0.25) is 4.79 Å². The lowest BCUT2D eigenvalue weighted by Crippen LogP contribution is -2.45. The molecule has 1 N–H and O–H groups in total. The number of amides is 1. The molecule has 1 saturated heterocycles. The van der Waals surface area contributed by atoms with Gasteiger partial charge >= 0.3 is 0 Å². The third-order valence-corrected chi connectivity index (χ3v) is 4.50. The highest BCUT2D eigenvalue weighted by atomic mass is 35.5. The average molecular weight is 294 g/mol. The van der Waals surface area contributed by atoms with E-state index in [4.69, 9.17) is 23.2 Å². The lowest BCUT2D eigenvalue weighted by Gasteiger charge is -2.35. The predicted octanol–water partition coefficient (Wildman–Crippen LogP) is 3.04. The summed E-state index contributed by atoms with van der Waals surface area (Å²) in [6, 6.07) is 1.60. The van der Waals surface area contributed by atoms with Gasteiger partial charge in [0.25, 0.3) is 5.91 Å². The van der Waals surface area contributed by atoms with Crippen molar-refractivity contribution in [1.82, 2.24) is 4.90 Å². The van der Waals surface area contributed by atoms with Crippen LogP contribution in [0.4, 0.5) is 0 Å². The Bertz CT molecular complexity index is 435. The molecule has 1 aromatic rings. The van der Waals surface area contributed by atoms with Gasteiger partial charge in [0.2, 0.25) is 0 Å². The molecule has 0 radical (unpaired) electrons. The van der Waals surface area contributed by atoms with Crippen LogP contribution >= 0.6 is 34.5 Å². The summed E-state index contributed by atoms with van der Waals surface area (Å²) in [5, 5.41) is 9.82. The van der Waals surface area contributed by atoms with E-state index in [2.05, 4.69) is 0 Å². The van der Waals surface area contributed by atoms with Gasteiger partial charge in [-0.1, -0.05) is 23.2 Å². The highest BCUT2D eigenvalue weighted by Gasteiger charge is 2.31. The number of hydrogen-bond donors (Lipinski definition) is 1. The largest absolute Gasteiger partial charge is 0.390 e. The monoisotopic (exact) mass is 293 g/mol. The minimum Gasteiger partial charge on any atom is -0.390 e. The Morgan fingerprint density at radius 3 is 2.53 bits per heavy atom. The molecular weight excluding hydrogens is 281 g/mol. The molecule has 1 aromatic heterocycles. The fourth-order valence-electron chi connectivity index (χ4n) is 1.85. The molecule has 0 aliphatic carbocycles. The van der Waals surface area contributed by atoms with Crippen molar-refractivity contribution in [3.8, 4) is 0 Å². The second-order valence-electron chi connectivity index (χ2n) is 4.53. The third-order valence-electron chi connectivity index (χ3n) is 3.01. The average Bonchev–Trinajstić information content (AvgIpc) is 2.57. The minimum atomic E-state index is -0.660. The number of hydrogen-bond acceptors (Lipinski definition) is 3. The van der Waals surface area contributed by atoms with Crippen LogP contribution in [0.15, 0.2) is 6.07 Å². The number of thiophene rings is 1. The number of aliphatic hydroxyl groups is 1. The number of carbonyl (C=O) groups is 1. The maximum Gasteiger partial charge on any atom is 0.256 e. The predicted molar refractivity (Wildman–Crippen MR) is 70.1 cm³/mol. The number of carbonyl (C=O) groups excluding carboxylic acids is 1. The Hall–Kier alpha value is -0.290. The van der Waals surface area contributed by atoms with Crippen LogP contribution in [0.3, 0.4) is 0 Å². The molecule has 2 heterocycles. The smallest absolute Gasteiger partial charge is 0.256 e. The second-order valence-corrected chi connectivity index (χ2v) is 6.81. The molecular formula is C11H13Cl2NO2S. The maximum atomic E-state index is 12.2. The van der Waals surface area contributed by atoms with E-state index in [0.717, 1.165) is 0 Å². The highest BCUT2D eigenvalue weighted by Crippen LogP contribution is 2.33. The number of piperidine rings is 1. The molecule has 0 bridgehead atoms. The molecule has 6 heteroatoms. The van der Waals surface area contributed by atoms with Crippen molar-refractivity contribution in [3.63, 3.8) is 0 Å². The van der Waals surface area contributed by atoms with E-state index in [-0.39, 0.29) is 5.91 Å². The first-order chi connectivity index (χ1) is 7.89. The molecule has 0 aromatic carbocycles. The van der Waals surface area contributed by atoms with E-state index < -0.39 is 5.60 Å². The van der Waals surface area contributed by atoms with Crippen molar-refractivity contribution < 1.29 is 9.90 Å². The molecule has 1 aliphatic heterocycles. The summed E-state index contributed by atoms with van der Waals surface area (Å²) in [7, 11) is 0. The van der Waals surface area contributed by atoms with Crippen molar-refractivity contribution in [2.45, 2.75) is 25.4 Å². The summed E-state index contributed by atoms with van der Waals surface area (Å²) < 4.78 is 0.944. The normalized spacial score (nSPS) is 19.4.